The SMILES string of the molecule is COc1ccc(C(=O)N2CCCCC2C(=O)Nc2ccc(Cl)cc2Cl)c(O)c1. The Labute approximate surface area is 173 Å². The van der Waals surface area contributed by atoms with Gasteiger partial charge in [0.05, 0.1) is 23.4 Å². The molecule has 6 nitrogen and oxygen atoms in total. The number of likely N-dealkylation sites (tertiary alicyclic amines) is 1. The number of halogens is 2. The Morgan fingerprint density at radius 3 is 2.64 bits per heavy atom. The van der Waals surface area contributed by atoms with Crippen molar-refractivity contribution in [2.24, 2.45) is 0 Å². The molecule has 1 unspecified atom stereocenters. The van der Waals surface area contributed by atoms with Gasteiger partial charge in [-0.15, -0.1) is 0 Å². The number of carbonyl (C=O) groups is 2. The summed E-state index contributed by atoms with van der Waals surface area (Å²) < 4.78 is 5.05. The number of phenols is 1. The number of nitrogens with zero attached hydrogens (tertiary/aromatic N) is 1. The number of hydrogen-bond donors (Lipinski definition) is 2. The van der Waals surface area contributed by atoms with E-state index in [2.05, 4.69) is 5.32 Å². The van der Waals surface area contributed by atoms with Crippen LogP contribution in [0, 0.1) is 0 Å². The molecule has 2 aromatic carbocycles. The molecule has 1 atom stereocenters. The van der Waals surface area contributed by atoms with Gasteiger partial charge in [-0.1, -0.05) is 23.2 Å². The monoisotopic (exact) mass is 422 g/mol. The number of ether oxygens (including phenoxy) is 1. The summed E-state index contributed by atoms with van der Waals surface area (Å²) in [6, 6.07) is 8.59. The fraction of sp³-hybridized carbons (Fsp3) is 0.300. The lowest BCUT2D eigenvalue weighted by atomic mass is 9.99. The van der Waals surface area contributed by atoms with Crippen molar-refractivity contribution in [3.63, 3.8) is 0 Å². The molecule has 1 aliphatic heterocycles. The van der Waals surface area contributed by atoms with Crippen LogP contribution in [0.2, 0.25) is 10.0 Å². The first-order valence-electron chi connectivity index (χ1n) is 8.84. The lowest BCUT2D eigenvalue weighted by Crippen LogP contribution is -2.50. The van der Waals surface area contributed by atoms with Gasteiger partial charge < -0.3 is 20.1 Å². The predicted molar refractivity (Wildman–Crippen MR) is 108 cm³/mol. The van der Waals surface area contributed by atoms with E-state index in [9.17, 15) is 14.7 Å². The van der Waals surface area contributed by atoms with Crippen LogP contribution in [0.15, 0.2) is 36.4 Å². The van der Waals surface area contributed by atoms with Crippen LogP contribution in [0.5, 0.6) is 11.5 Å². The minimum atomic E-state index is -0.658. The summed E-state index contributed by atoms with van der Waals surface area (Å²) in [5.74, 6) is -0.471. The number of benzene rings is 2. The third kappa shape index (κ3) is 4.34. The third-order valence-corrected chi connectivity index (χ3v) is 5.24. The van der Waals surface area contributed by atoms with Gasteiger partial charge in [-0.2, -0.15) is 0 Å². The van der Waals surface area contributed by atoms with Gasteiger partial charge >= 0.3 is 0 Å². The highest BCUT2D eigenvalue weighted by molar-refractivity contribution is 6.36. The quantitative estimate of drug-likeness (QED) is 0.767. The molecule has 1 saturated heterocycles. The topological polar surface area (TPSA) is 78.9 Å². The molecule has 2 amide bonds. The van der Waals surface area contributed by atoms with E-state index in [1.165, 1.54) is 30.2 Å². The highest BCUT2D eigenvalue weighted by Gasteiger charge is 2.34. The molecule has 3 rings (SSSR count). The number of hydrogen-bond acceptors (Lipinski definition) is 4. The highest BCUT2D eigenvalue weighted by atomic mass is 35.5. The van der Waals surface area contributed by atoms with E-state index >= 15 is 0 Å². The van der Waals surface area contributed by atoms with E-state index in [4.69, 9.17) is 27.9 Å². The Bertz CT molecular complexity index is 904. The smallest absolute Gasteiger partial charge is 0.258 e. The second kappa shape index (κ2) is 8.71. The van der Waals surface area contributed by atoms with E-state index in [1.807, 2.05) is 0 Å². The van der Waals surface area contributed by atoms with E-state index in [1.54, 1.807) is 18.2 Å². The van der Waals surface area contributed by atoms with Crippen molar-refractivity contribution in [1.82, 2.24) is 4.90 Å². The summed E-state index contributed by atoms with van der Waals surface area (Å²) in [6.45, 7) is 0.427. The first-order valence-corrected chi connectivity index (χ1v) is 9.60. The van der Waals surface area contributed by atoms with Crippen LogP contribution in [0.25, 0.3) is 0 Å². The van der Waals surface area contributed by atoms with Gasteiger partial charge in [-0.3, -0.25) is 9.59 Å². The van der Waals surface area contributed by atoms with Gasteiger partial charge in [0.15, 0.2) is 0 Å². The number of nitrogens with one attached hydrogen (secondary N) is 1. The molecule has 2 aromatic rings. The number of amides is 2. The summed E-state index contributed by atoms with van der Waals surface area (Å²) in [5.41, 5.74) is 0.561. The van der Waals surface area contributed by atoms with Crippen molar-refractivity contribution in [3.05, 3.63) is 52.0 Å². The van der Waals surface area contributed by atoms with E-state index in [-0.39, 0.29) is 17.2 Å². The number of aromatic hydroxyl groups is 1. The number of piperidine rings is 1. The molecular formula is C20H20Cl2N2O4. The Hall–Kier alpha value is -2.44. The minimum Gasteiger partial charge on any atom is -0.507 e. The maximum Gasteiger partial charge on any atom is 0.258 e. The molecule has 0 spiro atoms. The van der Waals surface area contributed by atoms with Crippen LogP contribution >= 0.6 is 23.2 Å². The number of anilines is 1. The van der Waals surface area contributed by atoms with Crippen LogP contribution < -0.4 is 10.1 Å². The molecule has 1 fully saturated rings. The fourth-order valence-electron chi connectivity index (χ4n) is 3.23. The van der Waals surface area contributed by atoms with E-state index < -0.39 is 11.9 Å². The van der Waals surface area contributed by atoms with Crippen molar-refractivity contribution in [2.75, 3.05) is 19.0 Å². The maximum atomic E-state index is 13.0. The van der Waals surface area contributed by atoms with Gasteiger partial charge in [0.2, 0.25) is 5.91 Å². The lowest BCUT2D eigenvalue weighted by Gasteiger charge is -2.35. The summed E-state index contributed by atoms with van der Waals surface area (Å²) >= 11 is 12.0. The lowest BCUT2D eigenvalue weighted by molar-refractivity contribution is -0.121. The second-order valence-corrected chi connectivity index (χ2v) is 7.35. The van der Waals surface area contributed by atoms with Crippen LogP contribution in [0.1, 0.15) is 29.6 Å². The molecule has 0 radical (unpaired) electrons. The standard InChI is InChI=1S/C20H20Cl2N2O4/c1-28-13-6-7-14(18(25)11-13)20(27)24-9-3-2-4-17(24)19(26)23-16-8-5-12(21)10-15(16)22/h5-8,10-11,17,25H,2-4,9H2,1H3,(H,23,26). The van der Waals surface area contributed by atoms with Crippen LogP contribution in [0.4, 0.5) is 5.69 Å². The second-order valence-electron chi connectivity index (χ2n) is 6.51. The number of carbonyl (C=O) groups excluding carboxylic acids is 2. The van der Waals surface area contributed by atoms with Crippen molar-refractivity contribution >= 4 is 40.7 Å². The average molecular weight is 423 g/mol. The van der Waals surface area contributed by atoms with Gasteiger partial charge in [-0.25, -0.2) is 0 Å². The molecule has 0 saturated carbocycles. The number of phenolic OH excluding ortho intramolecular Hbond substituents is 1. The van der Waals surface area contributed by atoms with Crippen LogP contribution in [-0.4, -0.2) is 41.5 Å². The Morgan fingerprint density at radius 1 is 1.18 bits per heavy atom. The van der Waals surface area contributed by atoms with Gasteiger partial charge in [0.1, 0.15) is 17.5 Å². The molecule has 0 aliphatic carbocycles. The first-order chi connectivity index (χ1) is 13.4. The summed E-state index contributed by atoms with van der Waals surface area (Å²) in [4.78, 5) is 27.3. The highest BCUT2D eigenvalue weighted by Crippen LogP contribution is 2.29. The zero-order valence-corrected chi connectivity index (χ0v) is 16.8. The zero-order chi connectivity index (χ0) is 20.3. The summed E-state index contributed by atoms with van der Waals surface area (Å²) in [7, 11) is 1.48. The molecule has 28 heavy (non-hydrogen) atoms. The molecule has 1 aliphatic rings. The van der Waals surface area contributed by atoms with E-state index in [0.29, 0.717) is 34.4 Å². The molecular weight excluding hydrogens is 403 g/mol. The third-order valence-electron chi connectivity index (χ3n) is 4.69. The molecule has 8 heteroatoms. The van der Waals surface area contributed by atoms with Crippen LogP contribution in [-0.2, 0) is 4.79 Å². The molecule has 1 heterocycles. The molecule has 0 aromatic heterocycles. The first kappa shape index (κ1) is 20.3. The maximum absolute atomic E-state index is 13.0. The Balaban J connectivity index is 1.81. The predicted octanol–water partition coefficient (Wildman–Crippen LogP) is 4.34. The average Bonchev–Trinajstić information content (AvgIpc) is 2.69. The fourth-order valence-corrected chi connectivity index (χ4v) is 3.68. The number of methoxy groups -OCH3 is 1. The number of rotatable bonds is 4. The normalized spacial score (nSPS) is 16.5. The Morgan fingerprint density at radius 2 is 1.96 bits per heavy atom. The molecule has 0 bridgehead atoms. The van der Waals surface area contributed by atoms with Crippen molar-refractivity contribution in [1.29, 1.82) is 0 Å². The minimum absolute atomic E-state index is 0.130. The Kier molecular flexibility index (Phi) is 6.31. The largest absolute Gasteiger partial charge is 0.507 e. The zero-order valence-electron chi connectivity index (χ0n) is 15.2. The summed E-state index contributed by atoms with van der Waals surface area (Å²) in [5, 5.41) is 13.7. The van der Waals surface area contributed by atoms with Gasteiger partial charge in [0.25, 0.3) is 5.91 Å². The van der Waals surface area contributed by atoms with Gasteiger partial charge in [-0.05, 0) is 49.6 Å². The molecule has 2 N–H and O–H groups in total. The van der Waals surface area contributed by atoms with Gasteiger partial charge in [0, 0.05) is 17.6 Å². The van der Waals surface area contributed by atoms with Crippen LogP contribution in [0.3, 0.4) is 0 Å². The molecule has 148 valence electrons. The summed E-state index contributed by atoms with van der Waals surface area (Å²) in [6.07, 6.45) is 2.14. The van der Waals surface area contributed by atoms with Crippen molar-refractivity contribution in [3.8, 4) is 11.5 Å². The van der Waals surface area contributed by atoms with Crippen molar-refractivity contribution < 1.29 is 19.4 Å². The van der Waals surface area contributed by atoms with E-state index in [0.717, 1.165) is 12.8 Å². The van der Waals surface area contributed by atoms with Crippen molar-refractivity contribution in [2.45, 2.75) is 25.3 Å².